The molecule has 194 valence electrons. The molecule has 2 aliphatic rings. The number of rotatable bonds is 6. The molecule has 0 spiro atoms. The van der Waals surface area contributed by atoms with Crippen molar-refractivity contribution in [3.63, 3.8) is 0 Å². The molecule has 0 aromatic heterocycles. The van der Waals surface area contributed by atoms with Crippen molar-refractivity contribution in [3.05, 3.63) is 118 Å². The summed E-state index contributed by atoms with van der Waals surface area (Å²) in [5, 5.41) is 13.5. The molecule has 3 aromatic rings. The zero-order valence-electron chi connectivity index (χ0n) is 21.2. The number of benzene rings is 3. The van der Waals surface area contributed by atoms with E-state index in [2.05, 4.69) is 5.32 Å². The largest absolute Gasteiger partial charge is 0.508 e. The molecule has 1 aliphatic heterocycles. The SMILES string of the molecule is COc1ccccc1[C@H]1CC(=O)C2=C(C1)NC(C)=C(C(=O)OCc1ccccc1F)[C@H]2c1cccc(O)c1. The van der Waals surface area contributed by atoms with Crippen LogP contribution < -0.4 is 10.1 Å². The molecule has 2 atom stereocenters. The Balaban J connectivity index is 1.52. The van der Waals surface area contributed by atoms with Crippen molar-refractivity contribution in [2.45, 2.75) is 38.2 Å². The van der Waals surface area contributed by atoms with Gasteiger partial charge in [0.05, 0.1) is 12.7 Å². The Morgan fingerprint density at radius 2 is 1.82 bits per heavy atom. The van der Waals surface area contributed by atoms with Crippen LogP contribution in [0.25, 0.3) is 0 Å². The van der Waals surface area contributed by atoms with Gasteiger partial charge in [-0.1, -0.05) is 48.5 Å². The molecule has 0 unspecified atom stereocenters. The summed E-state index contributed by atoms with van der Waals surface area (Å²) in [6, 6.07) is 20.3. The van der Waals surface area contributed by atoms with Crippen LogP contribution in [0.3, 0.4) is 0 Å². The second-order valence-corrected chi connectivity index (χ2v) is 9.52. The van der Waals surface area contributed by atoms with Crippen molar-refractivity contribution in [3.8, 4) is 11.5 Å². The predicted octanol–water partition coefficient (Wildman–Crippen LogP) is 5.64. The van der Waals surface area contributed by atoms with Gasteiger partial charge in [-0.25, -0.2) is 9.18 Å². The van der Waals surface area contributed by atoms with E-state index in [0.717, 1.165) is 17.0 Å². The lowest BCUT2D eigenvalue weighted by atomic mass is 9.71. The number of carbonyl (C=O) groups is 2. The third kappa shape index (κ3) is 4.79. The minimum atomic E-state index is -0.738. The maximum Gasteiger partial charge on any atom is 0.337 e. The van der Waals surface area contributed by atoms with Gasteiger partial charge >= 0.3 is 5.97 Å². The zero-order chi connectivity index (χ0) is 26.8. The summed E-state index contributed by atoms with van der Waals surface area (Å²) < 4.78 is 25.2. The Labute approximate surface area is 220 Å². The van der Waals surface area contributed by atoms with Crippen LogP contribution in [0.15, 0.2) is 95.3 Å². The molecule has 0 radical (unpaired) electrons. The Hall–Kier alpha value is -4.39. The number of ketones is 1. The van der Waals surface area contributed by atoms with Crippen LogP contribution in [0.2, 0.25) is 0 Å². The smallest absolute Gasteiger partial charge is 0.337 e. The van der Waals surface area contributed by atoms with Gasteiger partial charge < -0.3 is 19.9 Å². The number of carbonyl (C=O) groups excluding carboxylic acids is 2. The monoisotopic (exact) mass is 513 g/mol. The molecule has 38 heavy (non-hydrogen) atoms. The lowest BCUT2D eigenvalue weighted by Crippen LogP contribution is -2.36. The highest BCUT2D eigenvalue weighted by Crippen LogP contribution is 2.47. The molecule has 0 amide bonds. The predicted molar refractivity (Wildman–Crippen MR) is 140 cm³/mol. The van der Waals surface area contributed by atoms with Gasteiger partial charge in [-0.15, -0.1) is 0 Å². The van der Waals surface area contributed by atoms with Crippen molar-refractivity contribution in [2.75, 3.05) is 7.11 Å². The van der Waals surface area contributed by atoms with E-state index in [9.17, 15) is 19.1 Å². The van der Waals surface area contributed by atoms with E-state index in [1.807, 2.05) is 24.3 Å². The lowest BCUT2D eigenvalue weighted by molar-refractivity contribution is -0.140. The van der Waals surface area contributed by atoms with E-state index in [1.54, 1.807) is 50.4 Å². The molecule has 0 bridgehead atoms. The maximum atomic E-state index is 14.1. The van der Waals surface area contributed by atoms with Crippen LogP contribution >= 0.6 is 0 Å². The van der Waals surface area contributed by atoms with Gasteiger partial charge in [0, 0.05) is 40.8 Å². The maximum absolute atomic E-state index is 14.1. The number of halogens is 1. The van der Waals surface area contributed by atoms with Crippen molar-refractivity contribution in [1.29, 1.82) is 0 Å². The molecule has 1 aliphatic carbocycles. The average Bonchev–Trinajstić information content (AvgIpc) is 2.91. The molecular formula is C31H28FNO5. The Bertz CT molecular complexity index is 1470. The normalized spacial score (nSPS) is 19.1. The summed E-state index contributed by atoms with van der Waals surface area (Å²) in [5.74, 6) is -1.32. The summed E-state index contributed by atoms with van der Waals surface area (Å²) in [6.07, 6.45) is 0.790. The first-order valence-electron chi connectivity index (χ1n) is 12.4. The Morgan fingerprint density at radius 3 is 2.58 bits per heavy atom. The van der Waals surface area contributed by atoms with Gasteiger partial charge in [0.25, 0.3) is 0 Å². The van der Waals surface area contributed by atoms with Crippen molar-refractivity contribution in [2.24, 2.45) is 0 Å². The first kappa shape index (κ1) is 25.3. The van der Waals surface area contributed by atoms with Gasteiger partial charge in [-0.05, 0) is 48.7 Å². The van der Waals surface area contributed by atoms with Gasteiger partial charge in [-0.3, -0.25) is 4.79 Å². The number of phenolic OH excluding ortho intramolecular Hbond substituents is 1. The molecule has 1 heterocycles. The summed E-state index contributed by atoms with van der Waals surface area (Å²) in [4.78, 5) is 27.2. The Kier molecular flexibility index (Phi) is 7.01. The van der Waals surface area contributed by atoms with Crippen LogP contribution in [-0.2, 0) is 20.9 Å². The van der Waals surface area contributed by atoms with E-state index >= 15 is 0 Å². The molecule has 6 nitrogen and oxygen atoms in total. The highest BCUT2D eigenvalue weighted by atomic mass is 19.1. The number of hydrogen-bond acceptors (Lipinski definition) is 6. The summed E-state index contributed by atoms with van der Waals surface area (Å²) >= 11 is 0. The molecular weight excluding hydrogens is 485 g/mol. The van der Waals surface area contributed by atoms with Crippen LogP contribution in [0.1, 0.15) is 48.3 Å². The number of hydrogen-bond donors (Lipinski definition) is 2. The number of Topliss-reactive ketones (excluding diaryl/α,β-unsaturated/α-hetero) is 1. The Morgan fingerprint density at radius 1 is 1.05 bits per heavy atom. The van der Waals surface area contributed by atoms with Crippen molar-refractivity contribution < 1.29 is 28.6 Å². The topological polar surface area (TPSA) is 84.9 Å². The van der Waals surface area contributed by atoms with E-state index in [4.69, 9.17) is 9.47 Å². The number of ether oxygens (including phenoxy) is 2. The summed E-state index contributed by atoms with van der Waals surface area (Å²) in [5.41, 5.74) is 3.81. The minimum Gasteiger partial charge on any atom is -0.508 e. The molecule has 0 saturated carbocycles. The van der Waals surface area contributed by atoms with E-state index in [1.165, 1.54) is 12.1 Å². The van der Waals surface area contributed by atoms with Crippen LogP contribution in [0.4, 0.5) is 4.39 Å². The summed E-state index contributed by atoms with van der Waals surface area (Å²) in [6.45, 7) is 1.52. The van der Waals surface area contributed by atoms with Crippen molar-refractivity contribution >= 4 is 11.8 Å². The first-order valence-corrected chi connectivity index (χ1v) is 12.4. The molecule has 0 saturated heterocycles. The minimum absolute atomic E-state index is 0.0232. The van der Waals surface area contributed by atoms with Crippen LogP contribution in [0, 0.1) is 5.82 Å². The quantitative estimate of drug-likeness (QED) is 0.415. The molecule has 0 fully saturated rings. The van der Waals surface area contributed by atoms with Gasteiger partial charge in [-0.2, -0.15) is 0 Å². The lowest BCUT2D eigenvalue weighted by Gasteiger charge is -2.37. The van der Waals surface area contributed by atoms with Gasteiger partial charge in [0.15, 0.2) is 5.78 Å². The van der Waals surface area contributed by atoms with Crippen molar-refractivity contribution in [1.82, 2.24) is 5.32 Å². The van der Waals surface area contributed by atoms with Crippen LogP contribution in [-0.4, -0.2) is 24.0 Å². The molecule has 3 aromatic carbocycles. The fourth-order valence-corrected chi connectivity index (χ4v) is 5.41. The average molecular weight is 514 g/mol. The molecule has 2 N–H and O–H groups in total. The molecule has 5 rings (SSSR count). The standard InChI is InChI=1S/C31H28FNO5/c1-18-28(31(36)38-17-20-8-3-5-12-24(20)32)29(19-9-7-10-22(34)14-19)30-25(33-18)15-21(16-26(30)35)23-11-4-6-13-27(23)37-2/h3-14,21,29,33-34H,15-17H2,1-2H3/t21-,29-/m1/s1. The van der Waals surface area contributed by atoms with Crippen LogP contribution in [0.5, 0.6) is 11.5 Å². The number of dihydropyridines is 1. The second-order valence-electron chi connectivity index (χ2n) is 9.52. The number of esters is 1. The van der Waals surface area contributed by atoms with Gasteiger partial charge in [0.1, 0.15) is 23.9 Å². The zero-order valence-corrected chi connectivity index (χ0v) is 21.2. The second kappa shape index (κ2) is 10.5. The fourth-order valence-electron chi connectivity index (χ4n) is 5.41. The first-order chi connectivity index (χ1) is 18.4. The van der Waals surface area contributed by atoms with E-state index in [0.29, 0.717) is 23.3 Å². The number of nitrogens with one attached hydrogen (secondary N) is 1. The van der Waals surface area contributed by atoms with E-state index in [-0.39, 0.29) is 41.6 Å². The third-order valence-electron chi connectivity index (χ3n) is 7.15. The highest BCUT2D eigenvalue weighted by Gasteiger charge is 2.42. The molecule has 7 heteroatoms. The number of para-hydroxylation sites is 1. The number of phenols is 1. The number of methoxy groups -OCH3 is 1. The number of allylic oxidation sites excluding steroid dienone is 3. The third-order valence-corrected chi connectivity index (χ3v) is 7.15. The highest BCUT2D eigenvalue weighted by molar-refractivity contribution is 6.04. The van der Waals surface area contributed by atoms with Gasteiger partial charge in [0.2, 0.25) is 0 Å². The van der Waals surface area contributed by atoms with E-state index < -0.39 is 17.7 Å². The summed E-state index contributed by atoms with van der Waals surface area (Å²) in [7, 11) is 1.61. The number of aromatic hydroxyl groups is 1. The fraction of sp³-hybridized carbons (Fsp3) is 0.226.